The Morgan fingerprint density at radius 3 is 2.61 bits per heavy atom. The zero-order chi connectivity index (χ0) is 12.8. The van der Waals surface area contributed by atoms with Crippen molar-refractivity contribution in [2.24, 2.45) is 0 Å². The van der Waals surface area contributed by atoms with E-state index in [0.717, 1.165) is 31.9 Å². The van der Waals surface area contributed by atoms with Gasteiger partial charge in [0.15, 0.2) is 0 Å². The van der Waals surface area contributed by atoms with Crippen LogP contribution in [0, 0.1) is 11.8 Å². The summed E-state index contributed by atoms with van der Waals surface area (Å²) in [4.78, 5) is 2.23. The van der Waals surface area contributed by atoms with Crippen LogP contribution in [0.5, 0.6) is 0 Å². The maximum atomic E-state index is 10.3. The van der Waals surface area contributed by atoms with Gasteiger partial charge in [-0.25, -0.2) is 0 Å². The fourth-order valence-electron chi connectivity index (χ4n) is 1.92. The first-order valence-corrected chi connectivity index (χ1v) is 6.26. The molecule has 0 saturated carbocycles. The molecule has 0 bridgehead atoms. The third kappa shape index (κ3) is 3.58. The lowest BCUT2D eigenvalue weighted by molar-refractivity contribution is 0.0442. The van der Waals surface area contributed by atoms with Crippen LogP contribution in [0.25, 0.3) is 0 Å². The topological polar surface area (TPSA) is 32.7 Å². The van der Waals surface area contributed by atoms with E-state index in [1.807, 2.05) is 30.3 Å². The van der Waals surface area contributed by atoms with Gasteiger partial charge >= 0.3 is 0 Å². The van der Waals surface area contributed by atoms with Crippen LogP contribution in [0.4, 0.5) is 0 Å². The molecule has 1 heterocycles. The van der Waals surface area contributed by atoms with E-state index in [1.165, 1.54) is 0 Å². The van der Waals surface area contributed by atoms with Gasteiger partial charge in [-0.2, -0.15) is 0 Å². The molecule has 0 aromatic heterocycles. The summed E-state index contributed by atoms with van der Waals surface area (Å²) < 4.78 is 5.28. The van der Waals surface area contributed by atoms with E-state index in [1.54, 1.807) is 6.92 Å². The molecule has 1 saturated heterocycles. The predicted octanol–water partition coefficient (Wildman–Crippen LogP) is 1.23. The van der Waals surface area contributed by atoms with Crippen molar-refractivity contribution in [1.29, 1.82) is 0 Å². The summed E-state index contributed by atoms with van der Waals surface area (Å²) in [5.41, 5.74) is -0.243. The minimum absolute atomic E-state index is 0.687. The first kappa shape index (κ1) is 13.1. The molecule has 96 valence electrons. The number of ether oxygens (including phenoxy) is 1. The Morgan fingerprint density at radius 1 is 1.28 bits per heavy atom. The van der Waals surface area contributed by atoms with Gasteiger partial charge in [0.05, 0.1) is 19.8 Å². The van der Waals surface area contributed by atoms with E-state index in [-0.39, 0.29) is 0 Å². The lowest BCUT2D eigenvalue weighted by Gasteiger charge is -2.24. The number of rotatable bonds is 2. The summed E-state index contributed by atoms with van der Waals surface area (Å²) in [6.45, 7) is 5.80. The summed E-state index contributed by atoms with van der Waals surface area (Å²) in [6.07, 6.45) is 0. The molecule has 3 heteroatoms. The van der Waals surface area contributed by atoms with Gasteiger partial charge in [-0.15, -0.1) is 0 Å². The predicted molar refractivity (Wildman–Crippen MR) is 71.0 cm³/mol. The number of benzene rings is 1. The summed E-state index contributed by atoms with van der Waals surface area (Å²) in [6, 6.07) is 9.54. The van der Waals surface area contributed by atoms with E-state index >= 15 is 0 Å². The summed E-state index contributed by atoms with van der Waals surface area (Å²) in [7, 11) is 0. The third-order valence-electron chi connectivity index (χ3n) is 3.07. The highest BCUT2D eigenvalue weighted by molar-refractivity contribution is 5.30. The molecular weight excluding hydrogens is 226 g/mol. The summed E-state index contributed by atoms with van der Waals surface area (Å²) in [5, 5.41) is 10.3. The van der Waals surface area contributed by atoms with Crippen molar-refractivity contribution in [3.05, 3.63) is 35.9 Å². The van der Waals surface area contributed by atoms with E-state index in [9.17, 15) is 5.11 Å². The highest BCUT2D eigenvalue weighted by atomic mass is 16.5. The molecule has 18 heavy (non-hydrogen) atoms. The van der Waals surface area contributed by atoms with E-state index < -0.39 is 5.60 Å². The lowest BCUT2D eigenvalue weighted by atomic mass is 9.97. The molecule has 1 atom stereocenters. The van der Waals surface area contributed by atoms with Gasteiger partial charge in [0.1, 0.15) is 5.60 Å². The van der Waals surface area contributed by atoms with Crippen molar-refractivity contribution in [2.75, 3.05) is 32.8 Å². The molecule has 0 unspecified atom stereocenters. The minimum atomic E-state index is -1.08. The van der Waals surface area contributed by atoms with Gasteiger partial charge < -0.3 is 9.84 Å². The maximum absolute atomic E-state index is 10.3. The van der Waals surface area contributed by atoms with Crippen molar-refractivity contribution in [3.63, 3.8) is 0 Å². The molecular formula is C15H19NO2. The first-order valence-electron chi connectivity index (χ1n) is 6.26. The average molecular weight is 245 g/mol. The summed E-state index contributed by atoms with van der Waals surface area (Å²) >= 11 is 0. The second-order valence-corrected chi connectivity index (χ2v) is 4.63. The number of hydrogen-bond acceptors (Lipinski definition) is 3. The Balaban J connectivity index is 1.95. The Hall–Kier alpha value is -1.34. The Morgan fingerprint density at radius 2 is 1.94 bits per heavy atom. The van der Waals surface area contributed by atoms with Crippen molar-refractivity contribution in [1.82, 2.24) is 4.90 Å². The molecule has 0 aliphatic carbocycles. The van der Waals surface area contributed by atoms with Gasteiger partial charge in [-0.05, 0) is 12.5 Å². The van der Waals surface area contributed by atoms with Gasteiger partial charge in [0.2, 0.25) is 0 Å². The number of hydrogen-bond donors (Lipinski definition) is 1. The van der Waals surface area contributed by atoms with Crippen LogP contribution in [0.2, 0.25) is 0 Å². The molecule has 1 aromatic rings. The van der Waals surface area contributed by atoms with Gasteiger partial charge in [-0.1, -0.05) is 42.2 Å². The van der Waals surface area contributed by atoms with Crippen LogP contribution < -0.4 is 0 Å². The van der Waals surface area contributed by atoms with Crippen LogP contribution in [0.15, 0.2) is 30.3 Å². The molecule has 3 nitrogen and oxygen atoms in total. The second kappa shape index (κ2) is 6.01. The molecule has 0 radical (unpaired) electrons. The van der Waals surface area contributed by atoms with E-state index in [0.29, 0.717) is 6.54 Å². The molecule has 1 aliphatic rings. The Bertz CT molecular complexity index is 425. The molecule has 1 N–H and O–H groups in total. The van der Waals surface area contributed by atoms with Crippen LogP contribution in [-0.2, 0) is 10.3 Å². The Labute approximate surface area is 108 Å². The van der Waals surface area contributed by atoms with E-state index in [4.69, 9.17) is 4.74 Å². The highest BCUT2D eigenvalue weighted by Crippen LogP contribution is 2.18. The standard InChI is InChI=1S/C15H19NO2/c1-15(17,14-6-3-2-4-7-14)8-5-9-16-10-12-18-13-11-16/h2-4,6-7,17H,9-13H2,1H3/t15-/m1/s1. The average Bonchev–Trinajstić information content (AvgIpc) is 2.41. The van der Waals surface area contributed by atoms with Crippen LogP contribution in [0.1, 0.15) is 12.5 Å². The van der Waals surface area contributed by atoms with Crippen molar-refractivity contribution < 1.29 is 9.84 Å². The molecule has 1 aromatic carbocycles. The van der Waals surface area contributed by atoms with Crippen LogP contribution in [0.3, 0.4) is 0 Å². The quantitative estimate of drug-likeness (QED) is 0.796. The fourth-order valence-corrected chi connectivity index (χ4v) is 1.92. The largest absolute Gasteiger partial charge is 0.379 e. The molecule has 0 amide bonds. The fraction of sp³-hybridized carbons (Fsp3) is 0.467. The van der Waals surface area contributed by atoms with Crippen molar-refractivity contribution in [3.8, 4) is 11.8 Å². The molecule has 1 aliphatic heterocycles. The van der Waals surface area contributed by atoms with Crippen LogP contribution in [-0.4, -0.2) is 42.9 Å². The van der Waals surface area contributed by atoms with Gasteiger partial charge in [-0.3, -0.25) is 4.90 Å². The molecule has 2 rings (SSSR count). The third-order valence-corrected chi connectivity index (χ3v) is 3.07. The number of nitrogens with zero attached hydrogens (tertiary/aromatic N) is 1. The second-order valence-electron chi connectivity index (χ2n) is 4.63. The first-order chi connectivity index (χ1) is 8.68. The Kier molecular flexibility index (Phi) is 4.38. The highest BCUT2D eigenvalue weighted by Gasteiger charge is 2.19. The maximum Gasteiger partial charge on any atom is 0.148 e. The number of morpholine rings is 1. The van der Waals surface area contributed by atoms with E-state index in [2.05, 4.69) is 16.7 Å². The lowest BCUT2D eigenvalue weighted by Crippen LogP contribution is -2.36. The van der Waals surface area contributed by atoms with Crippen molar-refractivity contribution >= 4 is 0 Å². The SMILES string of the molecule is C[C@@](O)(C#CCN1CCOCC1)c1ccccc1. The normalized spacial score (nSPS) is 19.7. The van der Waals surface area contributed by atoms with Crippen molar-refractivity contribution in [2.45, 2.75) is 12.5 Å². The monoisotopic (exact) mass is 245 g/mol. The minimum Gasteiger partial charge on any atom is -0.379 e. The zero-order valence-corrected chi connectivity index (χ0v) is 10.7. The van der Waals surface area contributed by atoms with Crippen LogP contribution >= 0.6 is 0 Å². The zero-order valence-electron chi connectivity index (χ0n) is 10.7. The van der Waals surface area contributed by atoms with Gasteiger partial charge in [0, 0.05) is 13.1 Å². The smallest absolute Gasteiger partial charge is 0.148 e. The van der Waals surface area contributed by atoms with Gasteiger partial charge in [0.25, 0.3) is 0 Å². The molecule has 0 spiro atoms. The molecule has 1 fully saturated rings. The number of aliphatic hydroxyl groups is 1. The summed E-state index contributed by atoms with van der Waals surface area (Å²) in [5.74, 6) is 6.01.